The summed E-state index contributed by atoms with van der Waals surface area (Å²) in [4.78, 5) is 69.6. The van der Waals surface area contributed by atoms with Crippen LogP contribution in [0.1, 0.15) is 60.3 Å². The van der Waals surface area contributed by atoms with E-state index in [2.05, 4.69) is 6.92 Å². The van der Waals surface area contributed by atoms with E-state index in [1.807, 2.05) is 26.0 Å². The fourth-order valence-electron chi connectivity index (χ4n) is 7.71. The summed E-state index contributed by atoms with van der Waals surface area (Å²) < 4.78 is 20.2. The van der Waals surface area contributed by atoms with Crippen LogP contribution in [0.15, 0.2) is 85.0 Å². The van der Waals surface area contributed by atoms with E-state index in [-0.39, 0.29) is 33.9 Å². The zero-order valence-corrected chi connectivity index (χ0v) is 32.8. The predicted molar refractivity (Wildman–Crippen MR) is 214 cm³/mol. The van der Waals surface area contributed by atoms with Crippen molar-refractivity contribution < 1.29 is 57.9 Å². The van der Waals surface area contributed by atoms with Crippen molar-refractivity contribution in [2.45, 2.75) is 72.5 Å². The van der Waals surface area contributed by atoms with Crippen LogP contribution in [0.3, 0.4) is 0 Å². The highest BCUT2D eigenvalue weighted by Gasteiger charge is 2.50. The van der Waals surface area contributed by atoms with E-state index in [9.17, 15) is 39.0 Å². The summed E-state index contributed by atoms with van der Waals surface area (Å²) in [6.45, 7) is 4.86. The molecule has 3 saturated carbocycles. The number of carbonyl (C=O) groups is 6. The normalized spacial score (nSPS) is 22.9. The van der Waals surface area contributed by atoms with Crippen LogP contribution in [-0.4, -0.2) is 107 Å². The Hall–Kier alpha value is -5.34. The van der Waals surface area contributed by atoms with Crippen LogP contribution in [0.5, 0.6) is 11.5 Å². The standard InChI is InChI=1S/2C15H15NO6.C11H18.C2H6.CH4/c2*17-11(9-21-12-4-2-1-3-5-12)10-22-15(20)8-16-13(18)6-7-14(16)19;1-7-4-10-8-2-3-9(6-8)11(10)5-7;1-2;/h2*1-7,11,17H,8-10H2;7-11H,2-6H2,1H3;1-2H3;1H4. The molecule has 2 bridgehead atoms. The minimum Gasteiger partial charge on any atom is -0.491 e. The molecule has 316 valence electrons. The van der Waals surface area contributed by atoms with Crippen LogP contribution in [0.2, 0.25) is 0 Å². The Kier molecular flexibility index (Phi) is 19.3. The molecule has 3 fully saturated rings. The lowest BCUT2D eigenvalue weighted by atomic mass is 9.82. The molecule has 5 aliphatic rings. The van der Waals surface area contributed by atoms with Crippen molar-refractivity contribution in [3.8, 4) is 11.5 Å². The highest BCUT2D eigenvalue weighted by Crippen LogP contribution is 2.59. The van der Waals surface area contributed by atoms with Gasteiger partial charge in [0, 0.05) is 24.3 Å². The topological polar surface area (TPSA) is 186 Å². The van der Waals surface area contributed by atoms with E-state index in [4.69, 9.17) is 18.9 Å². The molecule has 0 radical (unpaired) electrons. The van der Waals surface area contributed by atoms with E-state index in [0.29, 0.717) is 11.5 Å². The van der Waals surface area contributed by atoms with Gasteiger partial charge in [-0.25, -0.2) is 0 Å². The average Bonchev–Trinajstić information content (AvgIpc) is 4.06. The third-order valence-corrected chi connectivity index (χ3v) is 10.2. The van der Waals surface area contributed by atoms with Gasteiger partial charge in [-0.05, 0) is 86.0 Å². The lowest BCUT2D eigenvalue weighted by Gasteiger charge is -2.23. The highest BCUT2D eigenvalue weighted by molar-refractivity contribution is 6.14. The highest BCUT2D eigenvalue weighted by atomic mass is 16.6. The number of hydrogen-bond acceptors (Lipinski definition) is 12. The van der Waals surface area contributed by atoms with Crippen molar-refractivity contribution in [1.29, 1.82) is 0 Å². The second-order valence-corrected chi connectivity index (χ2v) is 14.4. The van der Waals surface area contributed by atoms with Gasteiger partial charge in [0.05, 0.1) is 0 Å². The van der Waals surface area contributed by atoms with Gasteiger partial charge in [-0.3, -0.25) is 38.6 Å². The summed E-state index contributed by atoms with van der Waals surface area (Å²) in [5.41, 5.74) is 0. The van der Waals surface area contributed by atoms with Crippen LogP contribution in [-0.2, 0) is 38.2 Å². The van der Waals surface area contributed by atoms with Crippen molar-refractivity contribution in [3.05, 3.63) is 85.0 Å². The molecule has 2 aliphatic heterocycles. The number of para-hydroxylation sites is 2. The predicted octanol–water partition coefficient (Wildman–Crippen LogP) is 4.53. The van der Waals surface area contributed by atoms with Gasteiger partial charge in [-0.1, -0.05) is 64.6 Å². The molecular formula is C44H58N2O12. The molecule has 0 saturated heterocycles. The number of hydrogen-bond donors (Lipinski definition) is 2. The van der Waals surface area contributed by atoms with Gasteiger partial charge in [0.25, 0.3) is 23.6 Å². The maximum Gasteiger partial charge on any atom is 0.326 e. The van der Waals surface area contributed by atoms with E-state index in [1.165, 1.54) is 23.7 Å². The summed E-state index contributed by atoms with van der Waals surface area (Å²) >= 11 is 0. The molecule has 4 amide bonds. The van der Waals surface area contributed by atoms with E-state index in [0.717, 1.165) is 40.0 Å². The number of fused-ring (bicyclic) bond motifs is 5. The number of aliphatic hydroxyl groups is 2. The smallest absolute Gasteiger partial charge is 0.326 e. The summed E-state index contributed by atoms with van der Waals surface area (Å²) in [6.07, 6.45) is 10.2. The molecule has 14 heteroatoms. The van der Waals surface area contributed by atoms with Crippen molar-refractivity contribution in [2.24, 2.45) is 29.6 Å². The Morgan fingerprint density at radius 2 is 0.948 bits per heavy atom. The first-order chi connectivity index (χ1) is 27.5. The number of carbonyl (C=O) groups excluding carboxylic acids is 6. The molecule has 3 aliphatic carbocycles. The molecule has 2 aromatic rings. The molecule has 6 unspecified atom stereocenters. The van der Waals surface area contributed by atoms with Crippen molar-refractivity contribution in [3.63, 3.8) is 0 Å². The SMILES string of the molecule is C.CC.CC1CC2C3CCC(C3)C2C1.O=C(CN1C(=O)C=CC1=O)OCC(O)COc1ccccc1.O=C(CN1C(=O)C=CC1=O)OCC(O)COc1ccccc1. The Bertz CT molecular complexity index is 1560. The van der Waals surface area contributed by atoms with Crippen LogP contribution < -0.4 is 9.47 Å². The number of nitrogens with zero attached hydrogens (tertiary/aromatic N) is 2. The molecule has 2 N–H and O–H groups in total. The van der Waals surface area contributed by atoms with Gasteiger partial charge >= 0.3 is 11.9 Å². The first kappa shape index (κ1) is 47.0. The Labute approximate surface area is 340 Å². The largest absolute Gasteiger partial charge is 0.491 e. The van der Waals surface area contributed by atoms with Crippen LogP contribution in [0, 0.1) is 29.6 Å². The molecule has 0 aromatic heterocycles. The number of imide groups is 2. The van der Waals surface area contributed by atoms with Crippen molar-refractivity contribution >= 4 is 35.6 Å². The maximum atomic E-state index is 11.5. The Balaban J connectivity index is 0.000000236. The molecule has 0 spiro atoms. The monoisotopic (exact) mass is 806 g/mol. The molecule has 2 aromatic carbocycles. The van der Waals surface area contributed by atoms with E-state index in [1.54, 1.807) is 80.6 Å². The summed E-state index contributed by atoms with van der Waals surface area (Å²) in [5.74, 6) is 3.17. The number of amides is 4. The maximum absolute atomic E-state index is 11.5. The minimum atomic E-state index is -1.01. The Morgan fingerprint density at radius 3 is 1.29 bits per heavy atom. The van der Waals surface area contributed by atoms with Crippen LogP contribution in [0.4, 0.5) is 0 Å². The Morgan fingerprint density at radius 1 is 0.603 bits per heavy atom. The van der Waals surface area contributed by atoms with E-state index >= 15 is 0 Å². The van der Waals surface area contributed by atoms with Gasteiger partial charge < -0.3 is 29.2 Å². The summed E-state index contributed by atoms with van der Waals surface area (Å²) in [5, 5.41) is 19.3. The van der Waals surface area contributed by atoms with Gasteiger partial charge in [-0.15, -0.1) is 0 Å². The van der Waals surface area contributed by atoms with Crippen LogP contribution in [0.25, 0.3) is 0 Å². The molecule has 14 nitrogen and oxygen atoms in total. The molecule has 2 heterocycles. The van der Waals surface area contributed by atoms with E-state index < -0.39 is 60.9 Å². The first-order valence-corrected chi connectivity index (χ1v) is 19.6. The van der Waals surface area contributed by atoms with Gasteiger partial charge in [0.15, 0.2) is 0 Å². The molecule has 6 atom stereocenters. The molecule has 58 heavy (non-hydrogen) atoms. The van der Waals surface area contributed by atoms with Gasteiger partial charge in [-0.2, -0.15) is 0 Å². The first-order valence-electron chi connectivity index (χ1n) is 19.6. The number of ether oxygens (including phenoxy) is 4. The van der Waals surface area contributed by atoms with Crippen molar-refractivity contribution in [2.75, 3.05) is 39.5 Å². The zero-order chi connectivity index (χ0) is 41.3. The number of benzene rings is 2. The molecule has 7 rings (SSSR count). The number of aliphatic hydroxyl groups excluding tert-OH is 2. The zero-order valence-electron chi connectivity index (χ0n) is 32.8. The minimum absolute atomic E-state index is 0. The summed E-state index contributed by atoms with van der Waals surface area (Å²) in [7, 11) is 0. The molecular weight excluding hydrogens is 748 g/mol. The summed E-state index contributed by atoms with van der Waals surface area (Å²) in [6, 6.07) is 17.8. The average molecular weight is 807 g/mol. The van der Waals surface area contributed by atoms with Crippen LogP contribution >= 0.6 is 0 Å². The lowest BCUT2D eigenvalue weighted by Crippen LogP contribution is -2.37. The fourth-order valence-corrected chi connectivity index (χ4v) is 7.71. The van der Waals surface area contributed by atoms with Gasteiger partial charge in [0.2, 0.25) is 0 Å². The third kappa shape index (κ3) is 14.2. The lowest BCUT2D eigenvalue weighted by molar-refractivity contribution is -0.154. The quantitative estimate of drug-likeness (QED) is 0.201. The second kappa shape index (κ2) is 23.8. The number of esters is 2. The van der Waals surface area contributed by atoms with Crippen molar-refractivity contribution in [1.82, 2.24) is 9.80 Å². The van der Waals surface area contributed by atoms with Gasteiger partial charge in [0.1, 0.15) is 63.2 Å². The third-order valence-electron chi connectivity index (χ3n) is 10.2. The fraction of sp³-hybridized carbons (Fsp3) is 0.500. The second-order valence-electron chi connectivity index (χ2n) is 14.4. The number of rotatable bonds is 14.